The molecule has 120 valence electrons. The summed E-state index contributed by atoms with van der Waals surface area (Å²) in [5.74, 6) is 1.50. The van der Waals surface area contributed by atoms with Crippen molar-refractivity contribution < 1.29 is 4.79 Å². The first-order valence-electron chi connectivity index (χ1n) is 7.45. The van der Waals surface area contributed by atoms with Crippen LogP contribution in [0.25, 0.3) is 0 Å². The second-order valence-corrected chi connectivity index (χ2v) is 6.34. The van der Waals surface area contributed by atoms with Crippen molar-refractivity contribution >= 4 is 23.5 Å². The summed E-state index contributed by atoms with van der Waals surface area (Å²) in [7, 11) is 0. The number of nitrogens with one attached hydrogen (secondary N) is 1. The third-order valence-corrected chi connectivity index (χ3v) is 4.64. The quantitative estimate of drug-likeness (QED) is 0.639. The molecule has 0 fully saturated rings. The lowest BCUT2D eigenvalue weighted by atomic mass is 10.0. The molecule has 1 amide bonds. The highest BCUT2D eigenvalue weighted by Gasteiger charge is 2.15. The lowest BCUT2D eigenvalue weighted by molar-refractivity contribution is 0.0955. The standard InChI is InChI=1S/C16H19N5OS/c17-15-7-14(18-9-19-15)16(22)20-10-23-11-21-6-5-12-3-1-2-4-13(12)8-21/h1-4,7,9H,5-6,8,10-11H2,(H,20,22)(H2,17,18,19). The third-order valence-electron chi connectivity index (χ3n) is 3.74. The number of benzene rings is 1. The summed E-state index contributed by atoms with van der Waals surface area (Å²) in [4.78, 5) is 22.0. The van der Waals surface area contributed by atoms with Crippen molar-refractivity contribution in [3.63, 3.8) is 0 Å². The smallest absolute Gasteiger partial charge is 0.270 e. The van der Waals surface area contributed by atoms with Crippen molar-refractivity contribution in [2.75, 3.05) is 24.0 Å². The Morgan fingerprint density at radius 1 is 1.30 bits per heavy atom. The van der Waals surface area contributed by atoms with E-state index in [1.807, 2.05) is 0 Å². The molecule has 3 rings (SSSR count). The van der Waals surface area contributed by atoms with Crippen LogP contribution in [0.2, 0.25) is 0 Å². The molecule has 1 aromatic carbocycles. The summed E-state index contributed by atoms with van der Waals surface area (Å²) < 4.78 is 0. The Hall–Kier alpha value is -2.12. The molecule has 1 aliphatic rings. The van der Waals surface area contributed by atoms with Crippen LogP contribution in [-0.4, -0.2) is 39.1 Å². The zero-order valence-corrected chi connectivity index (χ0v) is 13.6. The van der Waals surface area contributed by atoms with Crippen molar-refractivity contribution in [2.45, 2.75) is 13.0 Å². The van der Waals surface area contributed by atoms with E-state index >= 15 is 0 Å². The van der Waals surface area contributed by atoms with Crippen molar-refractivity contribution in [1.82, 2.24) is 20.2 Å². The van der Waals surface area contributed by atoms with E-state index in [9.17, 15) is 4.79 Å². The molecule has 0 bridgehead atoms. The molecule has 0 saturated heterocycles. The van der Waals surface area contributed by atoms with Gasteiger partial charge in [-0.1, -0.05) is 24.3 Å². The highest BCUT2D eigenvalue weighted by molar-refractivity contribution is 7.99. The van der Waals surface area contributed by atoms with Crippen molar-refractivity contribution in [3.8, 4) is 0 Å². The van der Waals surface area contributed by atoms with Gasteiger partial charge < -0.3 is 11.1 Å². The number of nitrogens with two attached hydrogens (primary N) is 1. The summed E-state index contributed by atoms with van der Waals surface area (Å²) in [6, 6.07) is 10.0. The van der Waals surface area contributed by atoms with E-state index in [4.69, 9.17) is 5.73 Å². The van der Waals surface area contributed by atoms with Crippen LogP contribution >= 0.6 is 11.8 Å². The number of nitrogen functional groups attached to an aromatic ring is 1. The Kier molecular flexibility index (Phi) is 5.09. The molecule has 0 unspecified atom stereocenters. The molecule has 23 heavy (non-hydrogen) atoms. The average molecular weight is 329 g/mol. The fraction of sp³-hybridized carbons (Fsp3) is 0.312. The second-order valence-electron chi connectivity index (χ2n) is 5.38. The van der Waals surface area contributed by atoms with E-state index in [-0.39, 0.29) is 5.91 Å². The van der Waals surface area contributed by atoms with Gasteiger partial charge in [0.25, 0.3) is 5.91 Å². The van der Waals surface area contributed by atoms with E-state index in [0.29, 0.717) is 17.4 Å². The minimum atomic E-state index is -0.226. The van der Waals surface area contributed by atoms with E-state index in [2.05, 4.69) is 44.5 Å². The van der Waals surface area contributed by atoms with Crippen molar-refractivity contribution in [3.05, 3.63) is 53.5 Å². The zero-order chi connectivity index (χ0) is 16.1. The lowest BCUT2D eigenvalue weighted by Gasteiger charge is -2.28. The molecule has 1 aromatic heterocycles. The van der Waals surface area contributed by atoms with Crippen LogP contribution in [0.15, 0.2) is 36.7 Å². The van der Waals surface area contributed by atoms with Gasteiger partial charge in [-0.2, -0.15) is 0 Å². The normalized spacial score (nSPS) is 14.3. The van der Waals surface area contributed by atoms with E-state index in [0.717, 1.165) is 25.4 Å². The van der Waals surface area contributed by atoms with Gasteiger partial charge in [-0.05, 0) is 17.5 Å². The number of carbonyl (C=O) groups is 1. The molecule has 0 spiro atoms. The molecule has 0 atom stereocenters. The molecule has 6 nitrogen and oxygen atoms in total. The van der Waals surface area contributed by atoms with Gasteiger partial charge in [0.2, 0.25) is 0 Å². The van der Waals surface area contributed by atoms with Crippen LogP contribution in [0.5, 0.6) is 0 Å². The Bertz CT molecular complexity index is 694. The summed E-state index contributed by atoms with van der Waals surface area (Å²) >= 11 is 1.68. The Morgan fingerprint density at radius 3 is 2.96 bits per heavy atom. The lowest BCUT2D eigenvalue weighted by Crippen LogP contribution is -2.31. The van der Waals surface area contributed by atoms with Crippen LogP contribution in [0, 0.1) is 0 Å². The minimum absolute atomic E-state index is 0.226. The number of hydrogen-bond donors (Lipinski definition) is 2. The molecule has 2 aromatic rings. The molecular formula is C16H19N5OS. The number of amides is 1. The number of thioether (sulfide) groups is 1. The molecule has 0 saturated carbocycles. The van der Waals surface area contributed by atoms with Crippen LogP contribution < -0.4 is 11.1 Å². The van der Waals surface area contributed by atoms with Crippen LogP contribution in [-0.2, 0) is 13.0 Å². The maximum atomic E-state index is 11.9. The summed E-state index contributed by atoms with van der Waals surface area (Å²) in [5.41, 5.74) is 8.69. The molecule has 0 aliphatic carbocycles. The minimum Gasteiger partial charge on any atom is -0.384 e. The summed E-state index contributed by atoms with van der Waals surface area (Å²) in [6.45, 7) is 2.03. The number of hydrogen-bond acceptors (Lipinski definition) is 6. The summed E-state index contributed by atoms with van der Waals surface area (Å²) in [6.07, 6.45) is 2.38. The van der Waals surface area contributed by atoms with Crippen molar-refractivity contribution in [2.24, 2.45) is 0 Å². The fourth-order valence-electron chi connectivity index (χ4n) is 2.54. The van der Waals surface area contributed by atoms with Gasteiger partial charge in [0.1, 0.15) is 17.8 Å². The maximum absolute atomic E-state index is 11.9. The van der Waals surface area contributed by atoms with Crippen LogP contribution in [0.1, 0.15) is 21.6 Å². The van der Waals surface area contributed by atoms with Gasteiger partial charge in [0.05, 0.1) is 5.88 Å². The fourth-order valence-corrected chi connectivity index (χ4v) is 3.35. The molecule has 1 aliphatic heterocycles. The van der Waals surface area contributed by atoms with Crippen molar-refractivity contribution in [1.29, 1.82) is 0 Å². The van der Waals surface area contributed by atoms with Gasteiger partial charge in [-0.25, -0.2) is 9.97 Å². The average Bonchev–Trinajstić information content (AvgIpc) is 2.58. The molecule has 2 heterocycles. The third kappa shape index (κ3) is 4.20. The SMILES string of the molecule is Nc1cc(C(=O)NCSCN2CCc3ccccc3C2)ncn1. The van der Waals surface area contributed by atoms with E-state index < -0.39 is 0 Å². The Balaban J connectivity index is 1.41. The van der Waals surface area contributed by atoms with Gasteiger partial charge in [0.15, 0.2) is 0 Å². The monoisotopic (exact) mass is 329 g/mol. The molecular weight excluding hydrogens is 310 g/mol. The molecule has 7 heteroatoms. The first-order valence-corrected chi connectivity index (χ1v) is 8.60. The summed E-state index contributed by atoms with van der Waals surface area (Å²) in [5, 5.41) is 2.84. The number of fused-ring (bicyclic) bond motifs is 1. The number of carbonyl (C=O) groups excluding carboxylic acids is 1. The van der Waals surface area contributed by atoms with E-state index in [1.165, 1.54) is 23.5 Å². The van der Waals surface area contributed by atoms with Gasteiger partial charge in [-0.15, -0.1) is 11.8 Å². The Morgan fingerprint density at radius 2 is 2.13 bits per heavy atom. The Labute approximate surface area is 139 Å². The first kappa shape index (κ1) is 15.8. The highest BCUT2D eigenvalue weighted by Crippen LogP contribution is 2.19. The van der Waals surface area contributed by atoms with Gasteiger partial charge >= 0.3 is 0 Å². The molecule has 3 N–H and O–H groups in total. The van der Waals surface area contributed by atoms with Gasteiger partial charge in [-0.3, -0.25) is 9.69 Å². The second kappa shape index (κ2) is 7.43. The number of aromatic nitrogens is 2. The van der Waals surface area contributed by atoms with Gasteiger partial charge in [0, 0.05) is 25.0 Å². The largest absolute Gasteiger partial charge is 0.384 e. The first-order chi connectivity index (χ1) is 11.2. The zero-order valence-electron chi connectivity index (χ0n) is 12.7. The number of rotatable bonds is 5. The topological polar surface area (TPSA) is 84.1 Å². The highest BCUT2D eigenvalue weighted by atomic mass is 32.2. The molecule has 0 radical (unpaired) electrons. The number of anilines is 1. The van der Waals surface area contributed by atoms with E-state index in [1.54, 1.807) is 11.8 Å². The predicted octanol–water partition coefficient (Wildman–Crippen LogP) is 1.50. The maximum Gasteiger partial charge on any atom is 0.270 e. The van der Waals surface area contributed by atoms with Crippen LogP contribution in [0.3, 0.4) is 0 Å². The van der Waals surface area contributed by atoms with Crippen LogP contribution in [0.4, 0.5) is 5.82 Å². The number of nitrogens with zero attached hydrogens (tertiary/aromatic N) is 3. The predicted molar refractivity (Wildman–Crippen MR) is 91.8 cm³/mol.